The van der Waals surface area contributed by atoms with E-state index in [1.54, 1.807) is 24.3 Å². The predicted molar refractivity (Wildman–Crippen MR) is 73.3 cm³/mol. The average Bonchev–Trinajstić information content (AvgIpc) is 2.24. The van der Waals surface area contributed by atoms with Gasteiger partial charge in [0, 0.05) is 15.7 Å². The summed E-state index contributed by atoms with van der Waals surface area (Å²) in [5, 5.41) is 9.76. The molecule has 0 bridgehead atoms. The third kappa shape index (κ3) is 4.10. The first-order chi connectivity index (χ1) is 8.21. The van der Waals surface area contributed by atoms with E-state index in [2.05, 4.69) is 0 Å². The third-order valence-corrected chi connectivity index (χ3v) is 4.42. The Balaban J connectivity index is 2.86. The lowest BCUT2D eigenvalue weighted by molar-refractivity contribution is -0.144. The van der Waals surface area contributed by atoms with Gasteiger partial charge in [-0.2, -0.15) is 0 Å². The molecule has 0 aliphatic carbocycles. The molecule has 0 spiro atoms. The van der Waals surface area contributed by atoms with Gasteiger partial charge in [0.25, 0.3) is 0 Å². The van der Waals surface area contributed by atoms with E-state index in [0.717, 1.165) is 0 Å². The van der Waals surface area contributed by atoms with Crippen molar-refractivity contribution in [1.29, 1.82) is 0 Å². The Hall–Kier alpha value is -0.870. The van der Waals surface area contributed by atoms with Crippen LogP contribution in [0.4, 0.5) is 0 Å². The van der Waals surface area contributed by atoms with Crippen LogP contribution in [-0.4, -0.2) is 21.0 Å². The second-order valence-electron chi connectivity index (χ2n) is 5.22. The fraction of sp³-hybridized carbons (Fsp3) is 0.462. The molecule has 100 valence electrons. The SMILES string of the molecule is CC(C)(C)C(CS(=O)c1ccc(Cl)cc1)C(=O)O. The number of carbonyl (C=O) groups is 1. The number of hydrogen-bond acceptors (Lipinski definition) is 2. The number of aliphatic carboxylic acids is 1. The summed E-state index contributed by atoms with van der Waals surface area (Å²) >= 11 is 5.75. The molecule has 1 aromatic carbocycles. The number of hydrogen-bond donors (Lipinski definition) is 1. The predicted octanol–water partition coefficient (Wildman–Crippen LogP) is 3.19. The van der Waals surface area contributed by atoms with Gasteiger partial charge in [0.15, 0.2) is 0 Å². The molecule has 5 heteroatoms. The van der Waals surface area contributed by atoms with Crippen molar-refractivity contribution in [2.75, 3.05) is 5.75 Å². The number of rotatable bonds is 4. The third-order valence-electron chi connectivity index (χ3n) is 2.74. The van der Waals surface area contributed by atoms with E-state index in [1.165, 1.54) is 0 Å². The van der Waals surface area contributed by atoms with E-state index < -0.39 is 28.1 Å². The van der Waals surface area contributed by atoms with Crippen LogP contribution >= 0.6 is 11.6 Å². The number of carboxylic acid groups (broad SMARTS) is 1. The summed E-state index contributed by atoms with van der Waals surface area (Å²) < 4.78 is 12.1. The highest BCUT2D eigenvalue weighted by molar-refractivity contribution is 7.85. The van der Waals surface area contributed by atoms with Crippen molar-refractivity contribution >= 4 is 28.4 Å². The minimum atomic E-state index is -1.33. The zero-order chi connectivity index (χ0) is 13.9. The molecular weight excluding hydrogens is 272 g/mol. The molecule has 0 aliphatic rings. The van der Waals surface area contributed by atoms with Gasteiger partial charge in [0.05, 0.1) is 16.7 Å². The van der Waals surface area contributed by atoms with E-state index in [9.17, 15) is 14.1 Å². The molecular formula is C13H17ClO3S. The Morgan fingerprint density at radius 1 is 1.33 bits per heavy atom. The van der Waals surface area contributed by atoms with Gasteiger partial charge in [-0.25, -0.2) is 0 Å². The molecule has 2 unspecified atom stereocenters. The lowest BCUT2D eigenvalue weighted by atomic mass is 9.82. The van der Waals surface area contributed by atoms with Gasteiger partial charge in [0.1, 0.15) is 0 Å². The first-order valence-electron chi connectivity index (χ1n) is 5.58. The fourth-order valence-corrected chi connectivity index (χ4v) is 3.23. The maximum Gasteiger partial charge on any atom is 0.307 e. The van der Waals surface area contributed by atoms with Crippen molar-refractivity contribution in [2.45, 2.75) is 25.7 Å². The summed E-state index contributed by atoms with van der Waals surface area (Å²) in [7, 11) is -1.33. The zero-order valence-electron chi connectivity index (χ0n) is 10.6. The molecule has 18 heavy (non-hydrogen) atoms. The lowest BCUT2D eigenvalue weighted by Crippen LogP contribution is -2.33. The van der Waals surface area contributed by atoms with Gasteiger partial charge in [-0.1, -0.05) is 32.4 Å². The Kier molecular flexibility index (Phi) is 4.93. The molecule has 1 rings (SSSR count). The normalized spacial score (nSPS) is 15.1. The minimum Gasteiger partial charge on any atom is -0.481 e. The second kappa shape index (κ2) is 5.85. The van der Waals surface area contributed by atoms with Crippen LogP contribution in [-0.2, 0) is 15.6 Å². The maximum atomic E-state index is 12.1. The smallest absolute Gasteiger partial charge is 0.307 e. The van der Waals surface area contributed by atoms with E-state index in [4.69, 9.17) is 11.6 Å². The monoisotopic (exact) mass is 288 g/mol. The molecule has 1 aromatic rings. The summed E-state index contributed by atoms with van der Waals surface area (Å²) in [5.74, 6) is -1.45. The summed E-state index contributed by atoms with van der Waals surface area (Å²) in [5.41, 5.74) is -0.423. The zero-order valence-corrected chi connectivity index (χ0v) is 12.2. The summed E-state index contributed by atoms with van der Waals surface area (Å²) in [6, 6.07) is 6.64. The Labute approximate surface area is 115 Å². The number of carboxylic acids is 1. The molecule has 0 radical (unpaired) electrons. The molecule has 0 heterocycles. The number of halogens is 1. The van der Waals surface area contributed by atoms with Gasteiger partial charge >= 0.3 is 5.97 Å². The Morgan fingerprint density at radius 3 is 2.22 bits per heavy atom. The first kappa shape index (κ1) is 15.2. The summed E-state index contributed by atoms with van der Waals surface area (Å²) in [4.78, 5) is 11.8. The molecule has 0 saturated heterocycles. The molecule has 3 nitrogen and oxygen atoms in total. The van der Waals surface area contributed by atoms with E-state index in [0.29, 0.717) is 9.92 Å². The second-order valence-corrected chi connectivity index (χ2v) is 7.16. The maximum absolute atomic E-state index is 12.1. The van der Waals surface area contributed by atoms with Crippen molar-refractivity contribution in [3.8, 4) is 0 Å². The Bertz CT molecular complexity index is 448. The van der Waals surface area contributed by atoms with Crippen LogP contribution in [0.3, 0.4) is 0 Å². The lowest BCUT2D eigenvalue weighted by Gasteiger charge is -2.26. The minimum absolute atomic E-state index is 0.112. The van der Waals surface area contributed by atoms with Crippen molar-refractivity contribution in [2.24, 2.45) is 11.3 Å². The highest BCUT2D eigenvalue weighted by Crippen LogP contribution is 2.28. The van der Waals surface area contributed by atoms with E-state index in [1.807, 2.05) is 20.8 Å². The summed E-state index contributed by atoms with van der Waals surface area (Å²) in [6.07, 6.45) is 0. The molecule has 0 aliphatic heterocycles. The van der Waals surface area contributed by atoms with Crippen LogP contribution in [0.2, 0.25) is 5.02 Å². The molecule has 0 fully saturated rings. The highest BCUT2D eigenvalue weighted by Gasteiger charge is 2.32. The van der Waals surface area contributed by atoms with Crippen molar-refractivity contribution < 1.29 is 14.1 Å². The average molecular weight is 289 g/mol. The van der Waals surface area contributed by atoms with Gasteiger partial charge in [-0.3, -0.25) is 9.00 Å². The topological polar surface area (TPSA) is 54.4 Å². The van der Waals surface area contributed by atoms with Gasteiger partial charge in [-0.15, -0.1) is 0 Å². The largest absolute Gasteiger partial charge is 0.481 e. The quantitative estimate of drug-likeness (QED) is 0.926. The molecule has 2 atom stereocenters. The molecule has 0 aromatic heterocycles. The van der Waals surface area contributed by atoms with Gasteiger partial charge in [-0.05, 0) is 29.7 Å². The molecule has 0 saturated carbocycles. The summed E-state index contributed by atoms with van der Waals surface area (Å²) in [6.45, 7) is 5.51. The first-order valence-corrected chi connectivity index (χ1v) is 7.28. The van der Waals surface area contributed by atoms with Crippen molar-refractivity contribution in [1.82, 2.24) is 0 Å². The van der Waals surface area contributed by atoms with Crippen molar-refractivity contribution in [3.63, 3.8) is 0 Å². The van der Waals surface area contributed by atoms with E-state index in [-0.39, 0.29) is 5.75 Å². The van der Waals surface area contributed by atoms with Crippen LogP contribution in [0.15, 0.2) is 29.2 Å². The van der Waals surface area contributed by atoms with Crippen LogP contribution in [0.25, 0.3) is 0 Å². The Morgan fingerprint density at radius 2 is 1.83 bits per heavy atom. The molecule has 0 amide bonds. The van der Waals surface area contributed by atoms with Crippen LogP contribution in [0, 0.1) is 11.3 Å². The fourth-order valence-electron chi connectivity index (χ4n) is 1.53. The van der Waals surface area contributed by atoms with E-state index >= 15 is 0 Å². The highest BCUT2D eigenvalue weighted by atomic mass is 35.5. The van der Waals surface area contributed by atoms with Gasteiger partial charge in [0.2, 0.25) is 0 Å². The van der Waals surface area contributed by atoms with Crippen molar-refractivity contribution in [3.05, 3.63) is 29.3 Å². The molecule has 1 N–H and O–H groups in total. The number of benzene rings is 1. The van der Waals surface area contributed by atoms with Crippen LogP contribution < -0.4 is 0 Å². The van der Waals surface area contributed by atoms with Crippen LogP contribution in [0.1, 0.15) is 20.8 Å². The standard InChI is InChI=1S/C13H17ClO3S/c1-13(2,3)11(12(15)16)8-18(17)10-6-4-9(14)5-7-10/h4-7,11H,8H2,1-3H3,(H,15,16). The van der Waals surface area contributed by atoms with Crippen LogP contribution in [0.5, 0.6) is 0 Å². The van der Waals surface area contributed by atoms with Gasteiger partial charge < -0.3 is 5.11 Å².